The Morgan fingerprint density at radius 3 is 2.89 bits per heavy atom. The smallest absolute Gasteiger partial charge is 0.251 e. The van der Waals surface area contributed by atoms with Crippen LogP contribution < -0.4 is 11.1 Å². The Morgan fingerprint density at radius 2 is 2.21 bits per heavy atom. The highest BCUT2D eigenvalue weighted by atomic mass is 35.5. The number of nitrogens with two attached hydrogens (primary N) is 1. The number of pyridine rings is 1. The van der Waals surface area contributed by atoms with Gasteiger partial charge < -0.3 is 15.8 Å². The van der Waals surface area contributed by atoms with Crippen LogP contribution in [0.4, 0.5) is 0 Å². The van der Waals surface area contributed by atoms with Gasteiger partial charge in [-0.1, -0.05) is 0 Å². The van der Waals surface area contributed by atoms with Crippen LogP contribution in [0.1, 0.15) is 28.9 Å². The van der Waals surface area contributed by atoms with Gasteiger partial charge in [-0.2, -0.15) is 0 Å². The number of carbonyl (C=O) groups excluding carboxylic acids is 1. The molecule has 1 saturated heterocycles. The molecular formula is C13H20ClN3O2. The molecule has 0 saturated carbocycles. The van der Waals surface area contributed by atoms with Gasteiger partial charge in [0.1, 0.15) is 0 Å². The van der Waals surface area contributed by atoms with Crippen molar-refractivity contribution in [2.24, 2.45) is 11.7 Å². The van der Waals surface area contributed by atoms with Crippen molar-refractivity contribution < 1.29 is 9.53 Å². The van der Waals surface area contributed by atoms with Crippen molar-refractivity contribution in [2.45, 2.75) is 19.4 Å². The summed E-state index contributed by atoms with van der Waals surface area (Å²) in [5.41, 5.74) is 6.85. The van der Waals surface area contributed by atoms with Crippen LogP contribution in [0.5, 0.6) is 0 Å². The van der Waals surface area contributed by atoms with Gasteiger partial charge in [0.25, 0.3) is 5.91 Å². The van der Waals surface area contributed by atoms with Crippen LogP contribution in [-0.2, 0) is 11.3 Å². The summed E-state index contributed by atoms with van der Waals surface area (Å²) in [6.45, 7) is 2.66. The molecule has 1 aliphatic rings. The first-order chi connectivity index (χ1) is 8.79. The summed E-state index contributed by atoms with van der Waals surface area (Å²) < 4.78 is 5.29. The van der Waals surface area contributed by atoms with Crippen molar-refractivity contribution in [2.75, 3.05) is 19.8 Å². The van der Waals surface area contributed by atoms with E-state index in [9.17, 15) is 4.79 Å². The number of hydrogen-bond acceptors (Lipinski definition) is 4. The SMILES string of the molecule is Cl.NCc1cc(C(=O)NCC2CCOCC2)ccn1. The first-order valence-corrected chi connectivity index (χ1v) is 6.30. The van der Waals surface area contributed by atoms with E-state index in [1.54, 1.807) is 18.3 Å². The Labute approximate surface area is 119 Å². The molecule has 1 fully saturated rings. The van der Waals surface area contributed by atoms with Crippen molar-refractivity contribution in [1.82, 2.24) is 10.3 Å². The first kappa shape index (κ1) is 15.9. The number of nitrogens with one attached hydrogen (secondary N) is 1. The molecule has 1 amide bonds. The zero-order chi connectivity index (χ0) is 12.8. The third-order valence-corrected chi connectivity index (χ3v) is 3.18. The van der Waals surface area contributed by atoms with Gasteiger partial charge in [0, 0.05) is 38.1 Å². The first-order valence-electron chi connectivity index (χ1n) is 6.30. The van der Waals surface area contributed by atoms with Crippen molar-refractivity contribution in [3.63, 3.8) is 0 Å². The predicted molar refractivity (Wildman–Crippen MR) is 75.3 cm³/mol. The summed E-state index contributed by atoms with van der Waals surface area (Å²) >= 11 is 0. The molecule has 106 valence electrons. The zero-order valence-corrected chi connectivity index (χ0v) is 11.6. The number of rotatable bonds is 4. The number of ether oxygens (including phenoxy) is 1. The monoisotopic (exact) mass is 285 g/mol. The zero-order valence-electron chi connectivity index (χ0n) is 10.8. The number of carbonyl (C=O) groups is 1. The maximum absolute atomic E-state index is 11.9. The van der Waals surface area contributed by atoms with Crippen molar-refractivity contribution in [3.05, 3.63) is 29.6 Å². The molecule has 5 nitrogen and oxygen atoms in total. The number of halogens is 1. The fraction of sp³-hybridized carbons (Fsp3) is 0.538. The quantitative estimate of drug-likeness (QED) is 0.869. The van der Waals surface area contributed by atoms with E-state index in [-0.39, 0.29) is 18.3 Å². The Hall–Kier alpha value is -1.17. The maximum atomic E-state index is 11.9. The van der Waals surface area contributed by atoms with Crippen molar-refractivity contribution in [3.8, 4) is 0 Å². The molecule has 6 heteroatoms. The van der Waals surface area contributed by atoms with Gasteiger partial charge in [-0.15, -0.1) is 12.4 Å². The van der Waals surface area contributed by atoms with E-state index in [1.807, 2.05) is 0 Å². The summed E-state index contributed by atoms with van der Waals surface area (Å²) in [6.07, 6.45) is 3.65. The van der Waals surface area contributed by atoms with Gasteiger partial charge in [-0.05, 0) is 30.9 Å². The lowest BCUT2D eigenvalue weighted by atomic mass is 10.0. The van der Waals surface area contributed by atoms with Crippen LogP contribution in [0.3, 0.4) is 0 Å². The highest BCUT2D eigenvalue weighted by Crippen LogP contribution is 2.13. The number of nitrogens with zero attached hydrogens (tertiary/aromatic N) is 1. The Bertz CT molecular complexity index is 409. The highest BCUT2D eigenvalue weighted by molar-refractivity contribution is 5.94. The third kappa shape index (κ3) is 4.78. The molecule has 0 unspecified atom stereocenters. The largest absolute Gasteiger partial charge is 0.381 e. The summed E-state index contributed by atoms with van der Waals surface area (Å²) in [5.74, 6) is 0.470. The van der Waals surface area contributed by atoms with Crippen LogP contribution in [0, 0.1) is 5.92 Å². The number of amides is 1. The summed E-state index contributed by atoms with van der Waals surface area (Å²) in [5, 5.41) is 2.96. The highest BCUT2D eigenvalue weighted by Gasteiger charge is 2.15. The fourth-order valence-corrected chi connectivity index (χ4v) is 2.02. The van der Waals surface area contributed by atoms with Gasteiger partial charge in [0.15, 0.2) is 0 Å². The van der Waals surface area contributed by atoms with Gasteiger partial charge in [0.05, 0.1) is 5.69 Å². The molecule has 0 aromatic carbocycles. The molecule has 3 N–H and O–H groups in total. The van der Waals surface area contributed by atoms with Crippen LogP contribution in [0.2, 0.25) is 0 Å². The van der Waals surface area contributed by atoms with Gasteiger partial charge in [0.2, 0.25) is 0 Å². The molecule has 1 aliphatic heterocycles. The lowest BCUT2D eigenvalue weighted by molar-refractivity contribution is 0.0642. The number of hydrogen-bond donors (Lipinski definition) is 2. The second-order valence-electron chi connectivity index (χ2n) is 4.51. The predicted octanol–water partition coefficient (Wildman–Crippen LogP) is 1.12. The van der Waals surface area contributed by atoms with E-state index < -0.39 is 0 Å². The molecule has 0 radical (unpaired) electrons. The van der Waals surface area contributed by atoms with Crippen molar-refractivity contribution >= 4 is 18.3 Å². The second-order valence-corrected chi connectivity index (χ2v) is 4.51. The van der Waals surface area contributed by atoms with Gasteiger partial charge in [-0.25, -0.2) is 0 Å². The van der Waals surface area contributed by atoms with E-state index in [0.717, 1.165) is 31.7 Å². The topological polar surface area (TPSA) is 77.2 Å². The van der Waals surface area contributed by atoms with E-state index in [1.165, 1.54) is 0 Å². The van der Waals surface area contributed by atoms with E-state index in [4.69, 9.17) is 10.5 Å². The van der Waals surface area contributed by atoms with E-state index >= 15 is 0 Å². The molecule has 0 bridgehead atoms. The lowest BCUT2D eigenvalue weighted by Crippen LogP contribution is -2.32. The van der Waals surface area contributed by atoms with Gasteiger partial charge >= 0.3 is 0 Å². The van der Waals surface area contributed by atoms with E-state index in [0.29, 0.717) is 24.6 Å². The molecule has 1 aromatic heterocycles. The van der Waals surface area contributed by atoms with Crippen LogP contribution >= 0.6 is 12.4 Å². The number of aromatic nitrogens is 1. The third-order valence-electron chi connectivity index (χ3n) is 3.18. The summed E-state index contributed by atoms with van der Waals surface area (Å²) in [6, 6.07) is 3.44. The van der Waals surface area contributed by atoms with Gasteiger partial charge in [-0.3, -0.25) is 9.78 Å². The molecule has 2 rings (SSSR count). The minimum atomic E-state index is -0.0569. The minimum Gasteiger partial charge on any atom is -0.381 e. The molecular weight excluding hydrogens is 266 g/mol. The summed E-state index contributed by atoms with van der Waals surface area (Å²) in [4.78, 5) is 16.0. The van der Waals surface area contributed by atoms with Crippen molar-refractivity contribution in [1.29, 1.82) is 0 Å². The van der Waals surface area contributed by atoms with Crippen LogP contribution in [-0.4, -0.2) is 30.6 Å². The maximum Gasteiger partial charge on any atom is 0.251 e. The fourth-order valence-electron chi connectivity index (χ4n) is 2.02. The van der Waals surface area contributed by atoms with Crippen LogP contribution in [0.15, 0.2) is 18.3 Å². The van der Waals surface area contributed by atoms with Crippen LogP contribution in [0.25, 0.3) is 0 Å². The molecule has 0 aliphatic carbocycles. The Balaban J connectivity index is 0.00000180. The minimum absolute atomic E-state index is 0. The lowest BCUT2D eigenvalue weighted by Gasteiger charge is -2.22. The molecule has 1 aromatic rings. The average Bonchev–Trinajstić information content (AvgIpc) is 2.46. The molecule has 0 atom stereocenters. The average molecular weight is 286 g/mol. The second kappa shape index (κ2) is 8.09. The molecule has 2 heterocycles. The molecule has 0 spiro atoms. The molecule has 19 heavy (non-hydrogen) atoms. The Kier molecular flexibility index (Phi) is 6.77. The normalized spacial score (nSPS) is 15.6. The summed E-state index contributed by atoms with van der Waals surface area (Å²) in [7, 11) is 0. The Morgan fingerprint density at radius 1 is 1.47 bits per heavy atom. The van der Waals surface area contributed by atoms with E-state index in [2.05, 4.69) is 10.3 Å². The standard InChI is InChI=1S/C13H19N3O2.ClH/c14-8-12-7-11(1-4-15-12)13(17)16-9-10-2-5-18-6-3-10;/h1,4,7,10H,2-3,5-6,8-9,14H2,(H,16,17);1H.